The molecule has 160 valence electrons. The fourth-order valence-electron chi connectivity index (χ4n) is 2.46. The van der Waals surface area contributed by atoms with Crippen LogP contribution in [-0.4, -0.2) is 55.1 Å². The molecule has 8 nitrogen and oxygen atoms in total. The second kappa shape index (κ2) is 8.84. The third-order valence-electron chi connectivity index (χ3n) is 4.00. The van der Waals surface area contributed by atoms with Crippen molar-refractivity contribution in [2.24, 2.45) is 0 Å². The zero-order chi connectivity index (χ0) is 22.8. The van der Waals surface area contributed by atoms with Gasteiger partial charge in [-0.2, -0.15) is 13.2 Å². The maximum Gasteiger partial charge on any atom is 0.490 e. The quantitative estimate of drug-likeness (QED) is 0.665. The third kappa shape index (κ3) is 5.16. The van der Waals surface area contributed by atoms with E-state index in [0.29, 0.717) is 21.8 Å². The van der Waals surface area contributed by atoms with Crippen LogP contribution in [0.4, 0.5) is 13.2 Å². The molecule has 1 aromatic heterocycles. The first kappa shape index (κ1) is 23.4. The first-order valence-electron chi connectivity index (χ1n) is 7.98. The Morgan fingerprint density at radius 2 is 1.83 bits per heavy atom. The number of benzene rings is 1. The highest BCUT2D eigenvalue weighted by atomic mass is 35.5. The standard InChI is InChI=1S/C15H11Cl2N3O3.C2HF3O2/c1-7(14(22)23)20-6-9-3-2-8(4-10(9)13(20)21)12-11(16)5-18-15(17)19-12;3-2(4,5)1(6)7/h2-5,7H,6H2,1H3,(H,22,23);(H,6,7). The number of carboxylic acid groups (broad SMARTS) is 2. The molecule has 0 radical (unpaired) electrons. The normalized spacial score (nSPS) is 13.9. The lowest BCUT2D eigenvalue weighted by molar-refractivity contribution is -0.192. The number of carbonyl (C=O) groups is 3. The molecule has 1 aliphatic heterocycles. The molecule has 30 heavy (non-hydrogen) atoms. The van der Waals surface area contributed by atoms with Crippen molar-refractivity contribution in [2.75, 3.05) is 0 Å². The van der Waals surface area contributed by atoms with E-state index in [1.54, 1.807) is 18.2 Å². The molecule has 1 aliphatic rings. The van der Waals surface area contributed by atoms with Crippen LogP contribution in [0, 0.1) is 0 Å². The van der Waals surface area contributed by atoms with Crippen LogP contribution in [0.25, 0.3) is 11.3 Å². The van der Waals surface area contributed by atoms with E-state index < -0.39 is 24.2 Å². The van der Waals surface area contributed by atoms with Gasteiger partial charge in [-0.25, -0.2) is 19.6 Å². The Bertz CT molecular complexity index is 1020. The van der Waals surface area contributed by atoms with E-state index in [9.17, 15) is 22.8 Å². The second-order valence-electron chi connectivity index (χ2n) is 5.96. The van der Waals surface area contributed by atoms with Crippen molar-refractivity contribution in [2.45, 2.75) is 25.7 Å². The summed E-state index contributed by atoms with van der Waals surface area (Å²) in [5, 5.41) is 16.6. The van der Waals surface area contributed by atoms with E-state index in [0.717, 1.165) is 5.56 Å². The Morgan fingerprint density at radius 1 is 1.23 bits per heavy atom. The zero-order valence-electron chi connectivity index (χ0n) is 14.9. The van der Waals surface area contributed by atoms with Crippen molar-refractivity contribution >= 4 is 41.0 Å². The van der Waals surface area contributed by atoms with Crippen molar-refractivity contribution in [3.8, 4) is 11.3 Å². The summed E-state index contributed by atoms with van der Waals surface area (Å²) < 4.78 is 31.7. The van der Waals surface area contributed by atoms with Gasteiger partial charge in [-0.1, -0.05) is 23.7 Å². The molecule has 0 aliphatic carbocycles. The Labute approximate surface area is 176 Å². The average Bonchev–Trinajstić information content (AvgIpc) is 2.98. The fraction of sp³-hybridized carbons (Fsp3) is 0.235. The van der Waals surface area contributed by atoms with Gasteiger partial charge in [0, 0.05) is 17.7 Å². The van der Waals surface area contributed by atoms with Gasteiger partial charge in [0.1, 0.15) is 6.04 Å². The second-order valence-corrected chi connectivity index (χ2v) is 6.70. The van der Waals surface area contributed by atoms with Crippen molar-refractivity contribution < 1.29 is 37.8 Å². The van der Waals surface area contributed by atoms with E-state index in [1.807, 2.05) is 0 Å². The van der Waals surface area contributed by atoms with Crippen LogP contribution >= 0.6 is 23.2 Å². The number of halogens is 5. The van der Waals surface area contributed by atoms with E-state index >= 15 is 0 Å². The number of alkyl halides is 3. The lowest BCUT2D eigenvalue weighted by atomic mass is 10.0. The maximum absolute atomic E-state index is 12.4. The first-order valence-corrected chi connectivity index (χ1v) is 8.73. The van der Waals surface area contributed by atoms with Crippen molar-refractivity contribution in [1.82, 2.24) is 14.9 Å². The number of carboxylic acids is 2. The molecular weight excluding hydrogens is 454 g/mol. The summed E-state index contributed by atoms with van der Waals surface area (Å²) in [7, 11) is 0. The van der Waals surface area contributed by atoms with Crippen molar-refractivity contribution in [3.63, 3.8) is 0 Å². The third-order valence-corrected chi connectivity index (χ3v) is 4.46. The van der Waals surface area contributed by atoms with Gasteiger partial charge in [0.25, 0.3) is 5.91 Å². The van der Waals surface area contributed by atoms with Gasteiger partial charge in [-0.05, 0) is 30.2 Å². The molecule has 13 heteroatoms. The fourth-order valence-corrected chi connectivity index (χ4v) is 2.80. The van der Waals surface area contributed by atoms with Gasteiger partial charge in [0.15, 0.2) is 0 Å². The van der Waals surface area contributed by atoms with Crippen LogP contribution in [0.3, 0.4) is 0 Å². The number of aromatic nitrogens is 2. The summed E-state index contributed by atoms with van der Waals surface area (Å²) in [4.78, 5) is 41.6. The van der Waals surface area contributed by atoms with Gasteiger partial charge in [0.2, 0.25) is 5.28 Å². The number of amides is 1. The van der Waals surface area contributed by atoms with Crippen LogP contribution in [-0.2, 0) is 16.1 Å². The molecule has 0 fully saturated rings. The topological polar surface area (TPSA) is 121 Å². The van der Waals surface area contributed by atoms with Gasteiger partial charge >= 0.3 is 18.1 Å². The Hall–Kier alpha value is -2.92. The zero-order valence-corrected chi connectivity index (χ0v) is 16.5. The molecular formula is C17H12Cl2F3N3O5. The smallest absolute Gasteiger partial charge is 0.480 e. The van der Waals surface area contributed by atoms with Gasteiger partial charge in [0.05, 0.1) is 16.9 Å². The minimum atomic E-state index is -5.08. The van der Waals surface area contributed by atoms with Crippen LogP contribution in [0.5, 0.6) is 0 Å². The van der Waals surface area contributed by atoms with Crippen molar-refractivity contribution in [1.29, 1.82) is 0 Å². The minimum absolute atomic E-state index is 0.0531. The lowest BCUT2D eigenvalue weighted by Gasteiger charge is -2.19. The van der Waals surface area contributed by atoms with E-state index in [1.165, 1.54) is 18.0 Å². The number of rotatable bonds is 3. The molecule has 0 saturated carbocycles. The van der Waals surface area contributed by atoms with Crippen LogP contribution in [0.2, 0.25) is 10.3 Å². The summed E-state index contributed by atoms with van der Waals surface area (Å²) in [6, 6.07) is 4.29. The highest BCUT2D eigenvalue weighted by Crippen LogP contribution is 2.32. The summed E-state index contributed by atoms with van der Waals surface area (Å²) >= 11 is 11.9. The predicted octanol–water partition coefficient (Wildman–Crippen LogP) is 3.51. The monoisotopic (exact) mass is 465 g/mol. The summed E-state index contributed by atoms with van der Waals surface area (Å²) in [6.07, 6.45) is -3.69. The van der Waals surface area contributed by atoms with Crippen LogP contribution < -0.4 is 0 Å². The van der Waals surface area contributed by atoms with Crippen LogP contribution in [0.1, 0.15) is 22.8 Å². The van der Waals surface area contributed by atoms with E-state index in [2.05, 4.69) is 9.97 Å². The molecule has 0 bridgehead atoms. The van der Waals surface area contributed by atoms with E-state index in [-0.39, 0.29) is 17.7 Å². The number of hydrogen-bond donors (Lipinski definition) is 2. The Balaban J connectivity index is 0.000000396. The van der Waals surface area contributed by atoms with E-state index in [4.69, 9.17) is 38.2 Å². The molecule has 2 heterocycles. The summed E-state index contributed by atoms with van der Waals surface area (Å²) in [5.41, 5.74) is 2.26. The molecule has 1 unspecified atom stereocenters. The van der Waals surface area contributed by atoms with Gasteiger partial charge in [-0.15, -0.1) is 0 Å². The molecule has 1 atom stereocenters. The highest BCUT2D eigenvalue weighted by Gasteiger charge is 2.38. The lowest BCUT2D eigenvalue weighted by Crippen LogP contribution is -2.38. The maximum atomic E-state index is 12.4. The van der Waals surface area contributed by atoms with Gasteiger partial charge in [-0.3, -0.25) is 4.79 Å². The molecule has 2 aromatic rings. The number of nitrogens with zero attached hydrogens (tertiary/aromatic N) is 3. The molecule has 1 amide bonds. The Kier molecular flexibility index (Phi) is 6.88. The molecule has 1 aromatic carbocycles. The Morgan fingerprint density at radius 3 is 2.37 bits per heavy atom. The predicted molar refractivity (Wildman–Crippen MR) is 98.2 cm³/mol. The molecule has 0 saturated heterocycles. The number of fused-ring (bicyclic) bond motifs is 1. The number of hydrogen-bond acceptors (Lipinski definition) is 5. The molecule has 2 N–H and O–H groups in total. The van der Waals surface area contributed by atoms with Crippen molar-refractivity contribution in [3.05, 3.63) is 45.8 Å². The minimum Gasteiger partial charge on any atom is -0.480 e. The molecule has 3 rings (SSSR count). The SMILES string of the molecule is CC(C(=O)O)N1Cc2ccc(-c3nc(Cl)ncc3Cl)cc2C1=O.O=C(O)C(F)(F)F. The van der Waals surface area contributed by atoms with Gasteiger partial charge < -0.3 is 15.1 Å². The van der Waals surface area contributed by atoms with Crippen LogP contribution in [0.15, 0.2) is 24.4 Å². The summed E-state index contributed by atoms with van der Waals surface area (Å²) in [6.45, 7) is 1.74. The average molecular weight is 466 g/mol. The number of aliphatic carboxylic acids is 2. The highest BCUT2D eigenvalue weighted by molar-refractivity contribution is 6.33. The summed E-state index contributed by atoms with van der Waals surface area (Å²) in [5.74, 6) is -4.13. The number of carbonyl (C=O) groups excluding carboxylic acids is 1. The molecule has 0 spiro atoms. The largest absolute Gasteiger partial charge is 0.490 e. The first-order chi connectivity index (χ1) is 13.8.